The van der Waals surface area contributed by atoms with E-state index in [2.05, 4.69) is 15.6 Å². The molecule has 1 fully saturated rings. The number of carbonyl (C=O) groups excluding carboxylic acids is 1. The highest BCUT2D eigenvalue weighted by Gasteiger charge is 2.26. The van der Waals surface area contributed by atoms with E-state index in [1.807, 2.05) is 24.4 Å². The van der Waals surface area contributed by atoms with E-state index in [4.69, 9.17) is 5.11 Å². The largest absolute Gasteiger partial charge is 0.387 e. The van der Waals surface area contributed by atoms with Gasteiger partial charge < -0.3 is 15.7 Å². The Balaban J connectivity index is 1.58. The van der Waals surface area contributed by atoms with E-state index in [1.54, 1.807) is 17.4 Å². The number of nitrogens with one attached hydrogen (secondary N) is 2. The monoisotopic (exact) mass is 303 g/mol. The summed E-state index contributed by atoms with van der Waals surface area (Å²) in [5, 5.41) is 15.9. The molecule has 0 radical (unpaired) electrons. The summed E-state index contributed by atoms with van der Waals surface area (Å²) in [6, 6.07) is 7.43. The maximum atomic E-state index is 11.2. The number of hydrogen-bond donors (Lipinski definition) is 3. The minimum atomic E-state index is -0.511. The van der Waals surface area contributed by atoms with Crippen molar-refractivity contribution in [3.63, 3.8) is 0 Å². The molecule has 1 amide bonds. The molecule has 1 aromatic heterocycles. The van der Waals surface area contributed by atoms with Crippen molar-refractivity contribution in [1.82, 2.24) is 4.98 Å². The molecule has 1 aromatic carbocycles. The predicted octanol–water partition coefficient (Wildman–Crippen LogP) is 2.56. The molecule has 0 aliphatic heterocycles. The number of aliphatic hydroxyl groups excluding tert-OH is 1. The molecule has 0 bridgehead atoms. The molecule has 21 heavy (non-hydrogen) atoms. The molecule has 110 valence electrons. The Morgan fingerprint density at radius 3 is 2.95 bits per heavy atom. The van der Waals surface area contributed by atoms with Gasteiger partial charge in [0.2, 0.25) is 5.91 Å². The van der Waals surface area contributed by atoms with Crippen LogP contribution in [0.15, 0.2) is 30.5 Å². The van der Waals surface area contributed by atoms with Crippen LogP contribution in [0.2, 0.25) is 0 Å². The molecule has 2 aromatic rings. The van der Waals surface area contributed by atoms with Crippen molar-refractivity contribution in [1.29, 1.82) is 0 Å². The van der Waals surface area contributed by atoms with E-state index in [1.165, 1.54) is 22.7 Å². The van der Waals surface area contributed by atoms with Crippen molar-refractivity contribution in [2.45, 2.75) is 25.3 Å². The number of amides is 1. The lowest BCUT2D eigenvalue weighted by Crippen LogP contribution is -2.15. The maximum Gasteiger partial charge on any atom is 0.250 e. The summed E-state index contributed by atoms with van der Waals surface area (Å²) in [5.74, 6) is 0.282. The zero-order chi connectivity index (χ0) is 14.7. The second-order valence-electron chi connectivity index (χ2n) is 5.08. The number of thiazole rings is 1. The molecular formula is C15H17N3O2S. The third-order valence-corrected chi connectivity index (χ3v) is 4.41. The van der Waals surface area contributed by atoms with Crippen LogP contribution in [-0.4, -0.2) is 22.6 Å². The minimum absolute atomic E-state index is 0.413. The first kappa shape index (κ1) is 14.0. The summed E-state index contributed by atoms with van der Waals surface area (Å²) in [6.07, 6.45) is 4.47. The number of rotatable bonds is 6. The fraction of sp³-hybridized carbons (Fsp3) is 0.333. The van der Waals surface area contributed by atoms with Crippen molar-refractivity contribution in [3.8, 4) is 0 Å². The van der Waals surface area contributed by atoms with E-state index < -0.39 is 12.5 Å². The number of carbonyl (C=O) groups is 1. The number of hydrogen-bond acceptors (Lipinski definition) is 5. The molecule has 1 aliphatic carbocycles. The zero-order valence-electron chi connectivity index (χ0n) is 11.5. The summed E-state index contributed by atoms with van der Waals surface area (Å²) in [7, 11) is 0. The Labute approximate surface area is 127 Å². The molecule has 0 atom stereocenters. The molecule has 1 aliphatic rings. The lowest BCUT2D eigenvalue weighted by Gasteiger charge is -2.08. The molecule has 1 saturated carbocycles. The third kappa shape index (κ3) is 3.80. The first-order valence-electron chi connectivity index (χ1n) is 6.94. The van der Waals surface area contributed by atoms with Crippen molar-refractivity contribution >= 4 is 28.6 Å². The van der Waals surface area contributed by atoms with Gasteiger partial charge in [0.05, 0.1) is 11.6 Å². The molecule has 5 nitrogen and oxygen atoms in total. The van der Waals surface area contributed by atoms with Crippen molar-refractivity contribution in [3.05, 3.63) is 40.3 Å². The van der Waals surface area contributed by atoms with E-state index in [9.17, 15) is 4.79 Å². The van der Waals surface area contributed by atoms with Crippen LogP contribution in [0.3, 0.4) is 0 Å². The average Bonchev–Trinajstić information content (AvgIpc) is 3.24. The fourth-order valence-electron chi connectivity index (χ4n) is 2.02. The molecule has 0 saturated heterocycles. The summed E-state index contributed by atoms with van der Waals surface area (Å²) < 4.78 is 0. The molecular weight excluding hydrogens is 286 g/mol. The molecule has 1 heterocycles. The average molecular weight is 303 g/mol. The summed E-state index contributed by atoms with van der Waals surface area (Å²) >= 11 is 1.76. The van der Waals surface area contributed by atoms with E-state index in [0.717, 1.165) is 12.2 Å². The highest BCUT2D eigenvalue weighted by atomic mass is 32.1. The van der Waals surface area contributed by atoms with Crippen LogP contribution >= 0.6 is 11.3 Å². The molecule has 0 spiro atoms. The zero-order valence-corrected chi connectivity index (χ0v) is 12.3. The molecule has 3 N–H and O–H groups in total. The summed E-state index contributed by atoms with van der Waals surface area (Å²) in [4.78, 5) is 16.8. The Bertz CT molecular complexity index is 637. The quantitative estimate of drug-likeness (QED) is 0.767. The van der Waals surface area contributed by atoms with Gasteiger partial charge in [-0.25, -0.2) is 4.98 Å². The third-order valence-electron chi connectivity index (χ3n) is 3.25. The van der Waals surface area contributed by atoms with Crippen LogP contribution in [0.1, 0.15) is 28.6 Å². The minimum Gasteiger partial charge on any atom is -0.387 e. The van der Waals surface area contributed by atoms with Crippen LogP contribution in [0, 0.1) is 0 Å². The van der Waals surface area contributed by atoms with Gasteiger partial charge in [0.25, 0.3) is 0 Å². The second-order valence-corrected chi connectivity index (χ2v) is 6.23. The molecule has 3 rings (SSSR count). The summed E-state index contributed by atoms with van der Waals surface area (Å²) in [5.41, 5.74) is 1.59. The Hall–Kier alpha value is -1.92. The first-order chi connectivity index (χ1) is 10.2. The molecule has 0 unspecified atom stereocenters. The summed E-state index contributed by atoms with van der Waals surface area (Å²) in [6.45, 7) is 0.213. The lowest BCUT2D eigenvalue weighted by atomic mass is 10.2. The van der Waals surface area contributed by atoms with E-state index in [-0.39, 0.29) is 0 Å². The van der Waals surface area contributed by atoms with Gasteiger partial charge in [0, 0.05) is 28.4 Å². The predicted molar refractivity (Wildman–Crippen MR) is 83.6 cm³/mol. The first-order valence-corrected chi connectivity index (χ1v) is 7.75. The number of nitrogens with zero attached hydrogens (tertiary/aromatic N) is 1. The van der Waals surface area contributed by atoms with Gasteiger partial charge in [-0.3, -0.25) is 4.79 Å². The van der Waals surface area contributed by atoms with Crippen molar-refractivity contribution in [2.24, 2.45) is 0 Å². The van der Waals surface area contributed by atoms with Crippen LogP contribution in [0.4, 0.5) is 11.4 Å². The number of anilines is 2. The SMILES string of the molecule is O=C(CO)Nc1cccc(NCc2cnc(C3CC3)s2)c1. The Kier molecular flexibility index (Phi) is 4.17. The smallest absolute Gasteiger partial charge is 0.250 e. The topological polar surface area (TPSA) is 74.2 Å². The van der Waals surface area contributed by atoms with Crippen LogP contribution in [0.25, 0.3) is 0 Å². The lowest BCUT2D eigenvalue weighted by molar-refractivity contribution is -0.118. The van der Waals surface area contributed by atoms with Crippen molar-refractivity contribution < 1.29 is 9.90 Å². The van der Waals surface area contributed by atoms with Gasteiger partial charge in [-0.15, -0.1) is 11.3 Å². The van der Waals surface area contributed by atoms with Gasteiger partial charge in [-0.05, 0) is 31.0 Å². The highest BCUT2D eigenvalue weighted by Crippen LogP contribution is 2.41. The van der Waals surface area contributed by atoms with Crippen LogP contribution in [-0.2, 0) is 11.3 Å². The van der Waals surface area contributed by atoms with E-state index in [0.29, 0.717) is 11.6 Å². The van der Waals surface area contributed by atoms with Gasteiger partial charge in [-0.2, -0.15) is 0 Å². The van der Waals surface area contributed by atoms with Crippen LogP contribution in [0.5, 0.6) is 0 Å². The highest BCUT2D eigenvalue weighted by molar-refractivity contribution is 7.11. The van der Waals surface area contributed by atoms with Gasteiger partial charge in [-0.1, -0.05) is 6.07 Å². The molecule has 6 heteroatoms. The Morgan fingerprint density at radius 2 is 2.19 bits per heavy atom. The number of aliphatic hydroxyl groups is 1. The van der Waals surface area contributed by atoms with Gasteiger partial charge >= 0.3 is 0 Å². The van der Waals surface area contributed by atoms with Gasteiger partial charge in [0.1, 0.15) is 6.61 Å². The number of benzene rings is 1. The van der Waals surface area contributed by atoms with Crippen molar-refractivity contribution in [2.75, 3.05) is 17.2 Å². The maximum absolute atomic E-state index is 11.2. The van der Waals surface area contributed by atoms with Gasteiger partial charge in [0.15, 0.2) is 0 Å². The fourth-order valence-corrected chi connectivity index (χ4v) is 3.05. The second kappa shape index (κ2) is 6.24. The van der Waals surface area contributed by atoms with Crippen LogP contribution < -0.4 is 10.6 Å². The normalized spacial score (nSPS) is 14.0. The van der Waals surface area contributed by atoms with E-state index >= 15 is 0 Å². The standard InChI is InChI=1S/C15H17N3O2S/c19-9-14(20)18-12-3-1-2-11(6-12)16-7-13-8-17-15(21-13)10-4-5-10/h1-3,6,8,10,16,19H,4-5,7,9H2,(H,18,20). The number of aromatic nitrogens is 1. The Morgan fingerprint density at radius 1 is 1.38 bits per heavy atom.